The van der Waals surface area contributed by atoms with Gasteiger partial charge in [0.05, 0.1) is 4.88 Å². The monoisotopic (exact) mass is 183 g/mol. The summed E-state index contributed by atoms with van der Waals surface area (Å²) in [4.78, 5) is 12.0. The highest BCUT2D eigenvalue weighted by atomic mass is 32.1. The fourth-order valence-electron chi connectivity index (χ4n) is 1.11. The van der Waals surface area contributed by atoms with Crippen LogP contribution in [-0.2, 0) is 0 Å². The Morgan fingerprint density at radius 1 is 1.75 bits per heavy atom. The van der Waals surface area contributed by atoms with Crippen LogP contribution >= 0.6 is 11.5 Å². The molecule has 1 aliphatic rings. The van der Waals surface area contributed by atoms with E-state index in [4.69, 9.17) is 0 Å². The summed E-state index contributed by atoms with van der Waals surface area (Å²) in [6.45, 7) is 0. The van der Waals surface area contributed by atoms with Crippen molar-refractivity contribution < 1.29 is 9.90 Å². The van der Waals surface area contributed by atoms with Gasteiger partial charge in [0.15, 0.2) is 0 Å². The molecule has 0 amide bonds. The molecule has 0 bridgehead atoms. The number of hydrogen-bond donors (Lipinski definition) is 1. The lowest BCUT2D eigenvalue weighted by Gasteiger charge is -2.04. The van der Waals surface area contributed by atoms with Gasteiger partial charge in [0, 0.05) is 6.20 Å². The number of Topliss-reactive ketones (excluding diaryl/α,β-unsaturated/α-hetero) is 1. The first-order valence-electron chi connectivity index (χ1n) is 3.92. The number of ketones is 1. The van der Waals surface area contributed by atoms with E-state index >= 15 is 0 Å². The van der Waals surface area contributed by atoms with Gasteiger partial charge in [0.25, 0.3) is 0 Å². The van der Waals surface area contributed by atoms with Crippen LogP contribution in [0.3, 0.4) is 0 Å². The topological polar surface area (TPSA) is 50.2 Å². The van der Waals surface area contributed by atoms with Gasteiger partial charge in [-0.3, -0.25) is 4.79 Å². The molecule has 0 spiro atoms. The molecule has 64 valence electrons. The highest BCUT2D eigenvalue weighted by Crippen LogP contribution is 2.34. The van der Waals surface area contributed by atoms with Crippen LogP contribution in [0.2, 0.25) is 0 Å². The summed E-state index contributed by atoms with van der Waals surface area (Å²) in [5.74, 6) is 0.0413. The average Bonchev–Trinajstić information content (AvgIpc) is 2.79. The molecule has 1 heterocycles. The van der Waals surface area contributed by atoms with Crippen LogP contribution in [0.5, 0.6) is 0 Å². The van der Waals surface area contributed by atoms with Gasteiger partial charge in [-0.1, -0.05) is 0 Å². The molecular weight excluding hydrogens is 174 g/mol. The third kappa shape index (κ3) is 1.40. The molecule has 2 rings (SSSR count). The molecule has 1 fully saturated rings. The Balaban J connectivity index is 2.09. The van der Waals surface area contributed by atoms with Crippen molar-refractivity contribution in [2.45, 2.75) is 18.9 Å². The second kappa shape index (κ2) is 2.95. The van der Waals surface area contributed by atoms with Gasteiger partial charge in [-0.15, -0.1) is 0 Å². The predicted molar refractivity (Wildman–Crippen MR) is 45.2 cm³/mol. The molecule has 4 heteroatoms. The number of carbonyl (C=O) groups excluding carboxylic acids is 1. The Bertz CT molecular complexity index is 279. The fraction of sp³-hybridized carbons (Fsp3) is 0.500. The van der Waals surface area contributed by atoms with Gasteiger partial charge in [-0.2, -0.15) is 0 Å². The quantitative estimate of drug-likeness (QED) is 0.714. The molecule has 1 unspecified atom stereocenters. The highest BCUT2D eigenvalue weighted by molar-refractivity contribution is 7.08. The zero-order valence-corrected chi connectivity index (χ0v) is 7.25. The Labute approximate surface area is 74.2 Å². The molecule has 0 saturated heterocycles. The third-order valence-electron chi connectivity index (χ3n) is 2.02. The van der Waals surface area contributed by atoms with Crippen LogP contribution in [0.15, 0.2) is 12.3 Å². The van der Waals surface area contributed by atoms with E-state index in [9.17, 15) is 9.90 Å². The van der Waals surface area contributed by atoms with Gasteiger partial charge in [0.2, 0.25) is 5.78 Å². The second-order valence-electron chi connectivity index (χ2n) is 3.02. The Kier molecular flexibility index (Phi) is 1.94. The Morgan fingerprint density at radius 3 is 3.00 bits per heavy atom. The molecule has 3 nitrogen and oxygen atoms in total. The molecule has 0 aliphatic heterocycles. The van der Waals surface area contributed by atoms with Crippen LogP contribution in [0.1, 0.15) is 22.5 Å². The van der Waals surface area contributed by atoms with Crippen LogP contribution in [0.25, 0.3) is 0 Å². The molecule has 1 saturated carbocycles. The van der Waals surface area contributed by atoms with Crippen molar-refractivity contribution in [3.63, 3.8) is 0 Å². The van der Waals surface area contributed by atoms with E-state index in [1.807, 2.05) is 0 Å². The normalized spacial score (nSPS) is 19.1. The molecule has 0 radical (unpaired) electrons. The third-order valence-corrected chi connectivity index (χ3v) is 2.78. The smallest absolute Gasteiger partial charge is 0.203 e. The maximum Gasteiger partial charge on any atom is 0.203 e. The minimum Gasteiger partial charge on any atom is -0.385 e. The summed E-state index contributed by atoms with van der Waals surface area (Å²) in [6, 6.07) is 1.65. The van der Waals surface area contributed by atoms with E-state index in [-0.39, 0.29) is 11.7 Å². The fourth-order valence-corrected chi connectivity index (χ4v) is 1.68. The summed E-state index contributed by atoms with van der Waals surface area (Å²) in [6.07, 6.45) is 2.75. The molecular formula is C8H9NO2S. The number of nitrogens with zero attached hydrogens (tertiary/aromatic N) is 1. The maximum atomic E-state index is 11.4. The van der Waals surface area contributed by atoms with Crippen molar-refractivity contribution in [1.82, 2.24) is 4.37 Å². The van der Waals surface area contributed by atoms with E-state index in [1.165, 1.54) is 0 Å². The zero-order chi connectivity index (χ0) is 8.55. The first-order chi connectivity index (χ1) is 5.79. The highest BCUT2D eigenvalue weighted by Gasteiger charge is 2.35. The Hall–Kier alpha value is -0.740. The van der Waals surface area contributed by atoms with Crippen LogP contribution in [0, 0.1) is 5.92 Å². The van der Waals surface area contributed by atoms with Crippen LogP contribution < -0.4 is 0 Å². The van der Waals surface area contributed by atoms with Crippen molar-refractivity contribution in [2.24, 2.45) is 5.92 Å². The van der Waals surface area contributed by atoms with Crippen molar-refractivity contribution in [3.8, 4) is 0 Å². The first-order valence-corrected chi connectivity index (χ1v) is 4.69. The van der Waals surface area contributed by atoms with E-state index < -0.39 is 6.10 Å². The number of hydrogen-bond acceptors (Lipinski definition) is 4. The summed E-state index contributed by atoms with van der Waals surface area (Å²) >= 11 is 1.14. The standard InChI is InChI=1S/C8H9NO2S/c10-7(5-1-2-5)8(11)6-3-4-9-12-6/h3-5,7,10H,1-2H2. The lowest BCUT2D eigenvalue weighted by molar-refractivity contribution is 0.0708. The summed E-state index contributed by atoms with van der Waals surface area (Å²) in [7, 11) is 0. The SMILES string of the molecule is O=C(c1ccns1)C(O)C1CC1. The molecule has 1 aliphatic carbocycles. The van der Waals surface area contributed by atoms with Crippen molar-refractivity contribution in [3.05, 3.63) is 17.1 Å². The molecule has 1 aromatic heterocycles. The number of carbonyl (C=O) groups is 1. The van der Waals surface area contributed by atoms with E-state index in [0.717, 1.165) is 24.4 Å². The molecule has 12 heavy (non-hydrogen) atoms. The van der Waals surface area contributed by atoms with E-state index in [0.29, 0.717) is 4.88 Å². The van der Waals surface area contributed by atoms with Crippen LogP contribution in [0.4, 0.5) is 0 Å². The Morgan fingerprint density at radius 2 is 2.50 bits per heavy atom. The number of rotatable bonds is 3. The minimum absolute atomic E-state index is 0.167. The molecule has 1 aromatic rings. The summed E-state index contributed by atoms with van der Waals surface area (Å²) in [5.41, 5.74) is 0. The number of aromatic nitrogens is 1. The largest absolute Gasteiger partial charge is 0.385 e. The summed E-state index contributed by atoms with van der Waals surface area (Å²) in [5, 5.41) is 9.46. The first kappa shape index (κ1) is 7.89. The van der Waals surface area contributed by atoms with Crippen molar-refractivity contribution >= 4 is 17.3 Å². The van der Waals surface area contributed by atoms with Gasteiger partial charge in [0.1, 0.15) is 6.10 Å². The summed E-state index contributed by atoms with van der Waals surface area (Å²) < 4.78 is 3.82. The predicted octanol–water partition coefficient (Wildman–Crippen LogP) is 1.10. The number of aliphatic hydroxyl groups excluding tert-OH is 1. The van der Waals surface area contributed by atoms with Gasteiger partial charge >= 0.3 is 0 Å². The average molecular weight is 183 g/mol. The lowest BCUT2D eigenvalue weighted by Crippen LogP contribution is -2.21. The van der Waals surface area contributed by atoms with Crippen LogP contribution in [-0.4, -0.2) is 21.4 Å². The second-order valence-corrected chi connectivity index (χ2v) is 3.86. The zero-order valence-electron chi connectivity index (χ0n) is 6.43. The number of aliphatic hydroxyl groups is 1. The molecule has 0 aromatic carbocycles. The molecule has 1 N–H and O–H groups in total. The molecule has 1 atom stereocenters. The van der Waals surface area contributed by atoms with Gasteiger partial charge in [-0.05, 0) is 36.4 Å². The minimum atomic E-state index is -0.787. The van der Waals surface area contributed by atoms with Crippen molar-refractivity contribution in [1.29, 1.82) is 0 Å². The van der Waals surface area contributed by atoms with Crippen molar-refractivity contribution in [2.75, 3.05) is 0 Å². The van der Waals surface area contributed by atoms with E-state index in [2.05, 4.69) is 4.37 Å². The van der Waals surface area contributed by atoms with Gasteiger partial charge < -0.3 is 5.11 Å². The van der Waals surface area contributed by atoms with E-state index in [1.54, 1.807) is 12.3 Å². The lowest BCUT2D eigenvalue weighted by atomic mass is 10.1. The maximum absolute atomic E-state index is 11.4. The van der Waals surface area contributed by atoms with Gasteiger partial charge in [-0.25, -0.2) is 4.37 Å².